The predicted molar refractivity (Wildman–Crippen MR) is 154 cm³/mol. The molecule has 1 amide bonds. The van der Waals surface area contributed by atoms with Crippen molar-refractivity contribution in [3.8, 4) is 11.4 Å². The zero-order chi connectivity index (χ0) is 26.6. The summed E-state index contributed by atoms with van der Waals surface area (Å²) in [5.74, 6) is 0.764. The van der Waals surface area contributed by atoms with E-state index in [0.29, 0.717) is 18.1 Å². The Kier molecular flexibility index (Phi) is 7.42. The first-order chi connectivity index (χ1) is 18.5. The molecule has 1 aliphatic rings. The summed E-state index contributed by atoms with van der Waals surface area (Å²) in [6.45, 7) is 4.71. The van der Waals surface area contributed by atoms with Crippen LogP contribution in [0, 0.1) is 13.8 Å². The highest BCUT2D eigenvalue weighted by molar-refractivity contribution is 7.80. The van der Waals surface area contributed by atoms with Gasteiger partial charge in [-0.2, -0.15) is 0 Å². The Labute approximate surface area is 228 Å². The van der Waals surface area contributed by atoms with E-state index in [1.165, 1.54) is 0 Å². The van der Waals surface area contributed by atoms with Crippen LogP contribution in [0.15, 0.2) is 85.1 Å². The van der Waals surface area contributed by atoms with E-state index in [0.717, 1.165) is 39.8 Å². The van der Waals surface area contributed by atoms with Crippen molar-refractivity contribution in [2.75, 3.05) is 19.0 Å². The van der Waals surface area contributed by atoms with Gasteiger partial charge >= 0.3 is 0 Å². The second-order valence-corrected chi connectivity index (χ2v) is 9.73. The maximum Gasteiger partial charge on any atom is 0.226 e. The van der Waals surface area contributed by atoms with Gasteiger partial charge in [0.15, 0.2) is 5.11 Å². The molecule has 38 heavy (non-hydrogen) atoms. The summed E-state index contributed by atoms with van der Waals surface area (Å²) in [7, 11) is 1.67. The lowest BCUT2D eigenvalue weighted by Gasteiger charge is -2.28. The number of rotatable bonds is 8. The third-order valence-electron chi connectivity index (χ3n) is 6.95. The number of carbonyl (C=O) groups excluding carboxylic acids is 1. The topological polar surface area (TPSA) is 71.4 Å². The minimum atomic E-state index is -0.147. The number of ether oxygens (including phenoxy) is 1. The Morgan fingerprint density at radius 1 is 1.05 bits per heavy atom. The fourth-order valence-electron chi connectivity index (χ4n) is 5.17. The van der Waals surface area contributed by atoms with Crippen molar-refractivity contribution < 1.29 is 9.53 Å². The quantitative estimate of drug-likeness (QED) is 0.296. The summed E-state index contributed by atoms with van der Waals surface area (Å²) in [6.07, 6.45) is 2.10. The van der Waals surface area contributed by atoms with Gasteiger partial charge in [0, 0.05) is 41.9 Å². The first-order valence-corrected chi connectivity index (χ1v) is 13.0. The molecule has 0 radical (unpaired) electrons. The van der Waals surface area contributed by atoms with E-state index in [1.807, 2.05) is 60.7 Å². The minimum Gasteiger partial charge on any atom is -0.497 e. The standard InChI is InChI=1S/C30H31N5O2S/c1-20-19-25(21(2)35(20)23-12-14-24(37-3)15-13-23)29-28(26-11-7-8-17-31-26)33-30(38)34(29)18-16-27(36)32-22-9-5-4-6-10-22/h4-15,17,19,28-29H,16,18H2,1-3H3,(H,32,36)(H,33,38)/t28-,29+/m0/s1. The number of carbonyl (C=O) groups is 1. The number of aromatic nitrogens is 2. The van der Waals surface area contributed by atoms with Crippen molar-refractivity contribution >= 4 is 28.9 Å². The number of hydrogen-bond donors (Lipinski definition) is 2. The molecule has 0 saturated carbocycles. The van der Waals surface area contributed by atoms with Crippen LogP contribution in [-0.4, -0.2) is 39.1 Å². The average Bonchev–Trinajstić information content (AvgIpc) is 3.42. The van der Waals surface area contributed by atoms with Gasteiger partial charge in [0.2, 0.25) is 5.91 Å². The van der Waals surface area contributed by atoms with E-state index in [4.69, 9.17) is 17.0 Å². The number of nitrogens with zero attached hydrogens (tertiary/aromatic N) is 3. The van der Waals surface area contributed by atoms with Crippen LogP contribution >= 0.6 is 12.2 Å². The molecule has 1 fully saturated rings. The van der Waals surface area contributed by atoms with Gasteiger partial charge < -0.3 is 24.8 Å². The molecule has 0 bridgehead atoms. The Balaban J connectivity index is 1.47. The van der Waals surface area contributed by atoms with Gasteiger partial charge in [0.25, 0.3) is 0 Å². The molecular formula is C30H31N5O2S. The Morgan fingerprint density at radius 2 is 1.79 bits per heavy atom. The number of methoxy groups -OCH3 is 1. The van der Waals surface area contributed by atoms with E-state index in [9.17, 15) is 4.79 Å². The van der Waals surface area contributed by atoms with Gasteiger partial charge in [-0.15, -0.1) is 0 Å². The van der Waals surface area contributed by atoms with E-state index < -0.39 is 0 Å². The number of hydrogen-bond acceptors (Lipinski definition) is 4. The molecule has 2 N–H and O–H groups in total. The van der Waals surface area contributed by atoms with Crippen LogP contribution in [0.3, 0.4) is 0 Å². The van der Waals surface area contributed by atoms with Crippen LogP contribution in [0.1, 0.15) is 41.1 Å². The molecule has 2 aromatic heterocycles. The zero-order valence-electron chi connectivity index (χ0n) is 21.7. The lowest BCUT2D eigenvalue weighted by atomic mass is 9.96. The van der Waals surface area contributed by atoms with Crippen LogP contribution in [0.5, 0.6) is 5.75 Å². The highest BCUT2D eigenvalue weighted by atomic mass is 32.1. The largest absolute Gasteiger partial charge is 0.497 e. The fourth-order valence-corrected chi connectivity index (χ4v) is 5.50. The molecule has 3 heterocycles. The first-order valence-electron chi connectivity index (χ1n) is 12.6. The molecule has 8 heteroatoms. The van der Waals surface area contributed by atoms with Gasteiger partial charge in [0.05, 0.1) is 24.9 Å². The molecule has 1 aliphatic heterocycles. The molecule has 0 unspecified atom stereocenters. The lowest BCUT2D eigenvalue weighted by molar-refractivity contribution is -0.116. The molecular weight excluding hydrogens is 494 g/mol. The number of amides is 1. The lowest BCUT2D eigenvalue weighted by Crippen LogP contribution is -2.32. The van der Waals surface area contributed by atoms with Crippen LogP contribution in [-0.2, 0) is 4.79 Å². The smallest absolute Gasteiger partial charge is 0.226 e. The van der Waals surface area contributed by atoms with Crippen LogP contribution in [0.2, 0.25) is 0 Å². The number of pyridine rings is 1. The summed E-state index contributed by atoms with van der Waals surface area (Å²) in [6, 6.07) is 25.4. The summed E-state index contributed by atoms with van der Waals surface area (Å²) in [4.78, 5) is 19.6. The second-order valence-electron chi connectivity index (χ2n) is 9.34. The number of thiocarbonyl (C=S) groups is 1. The Bertz CT molecular complexity index is 1420. The van der Waals surface area contributed by atoms with E-state index in [2.05, 4.69) is 57.1 Å². The van der Waals surface area contributed by atoms with Crippen molar-refractivity contribution in [2.45, 2.75) is 32.4 Å². The zero-order valence-corrected chi connectivity index (χ0v) is 22.5. The number of aryl methyl sites for hydroxylation is 1. The fraction of sp³-hybridized carbons (Fsp3) is 0.233. The average molecular weight is 526 g/mol. The summed E-state index contributed by atoms with van der Waals surface area (Å²) in [5.41, 5.74) is 6.12. The van der Waals surface area contributed by atoms with Crippen molar-refractivity contribution in [1.29, 1.82) is 0 Å². The summed E-state index contributed by atoms with van der Waals surface area (Å²) in [5, 5.41) is 7.09. The third-order valence-corrected chi connectivity index (χ3v) is 7.31. The normalized spacial score (nSPS) is 16.8. The van der Waals surface area contributed by atoms with E-state index in [-0.39, 0.29) is 18.0 Å². The van der Waals surface area contributed by atoms with Crippen molar-refractivity contribution in [3.63, 3.8) is 0 Å². The number of para-hydroxylation sites is 1. The number of benzene rings is 2. The summed E-state index contributed by atoms with van der Waals surface area (Å²) >= 11 is 5.81. The maximum atomic E-state index is 12.8. The first kappa shape index (κ1) is 25.5. The molecule has 4 aromatic rings. The van der Waals surface area contributed by atoms with Crippen LogP contribution in [0.25, 0.3) is 5.69 Å². The molecule has 2 aromatic carbocycles. The second kappa shape index (κ2) is 11.1. The Hall–Kier alpha value is -4.17. The van der Waals surface area contributed by atoms with Gasteiger partial charge in [-0.05, 0) is 86.2 Å². The van der Waals surface area contributed by atoms with Crippen molar-refractivity contribution in [2.24, 2.45) is 0 Å². The van der Waals surface area contributed by atoms with Crippen molar-refractivity contribution in [3.05, 3.63) is 108 Å². The SMILES string of the molecule is COc1ccc(-n2c(C)cc([C@@H]3[C@H](c4ccccn4)NC(=S)N3CCC(=O)Nc3ccccc3)c2C)cc1. The number of anilines is 1. The van der Waals surface area contributed by atoms with Crippen LogP contribution < -0.4 is 15.4 Å². The highest BCUT2D eigenvalue weighted by Crippen LogP contribution is 2.41. The van der Waals surface area contributed by atoms with Crippen molar-refractivity contribution in [1.82, 2.24) is 19.8 Å². The molecule has 0 spiro atoms. The highest BCUT2D eigenvalue weighted by Gasteiger charge is 2.41. The molecule has 0 aliphatic carbocycles. The third kappa shape index (κ3) is 5.13. The van der Waals surface area contributed by atoms with Crippen LogP contribution in [0.4, 0.5) is 5.69 Å². The number of nitrogens with one attached hydrogen (secondary N) is 2. The maximum absolute atomic E-state index is 12.8. The summed E-state index contributed by atoms with van der Waals surface area (Å²) < 4.78 is 7.59. The molecule has 2 atom stereocenters. The van der Waals surface area contributed by atoms with Gasteiger partial charge in [-0.3, -0.25) is 9.78 Å². The molecule has 1 saturated heterocycles. The molecule has 5 rings (SSSR count). The van der Waals surface area contributed by atoms with Gasteiger partial charge in [-0.1, -0.05) is 24.3 Å². The minimum absolute atomic E-state index is 0.0530. The van der Waals surface area contributed by atoms with Gasteiger partial charge in [-0.25, -0.2) is 0 Å². The molecule has 7 nitrogen and oxygen atoms in total. The molecule has 194 valence electrons. The Morgan fingerprint density at radius 3 is 2.47 bits per heavy atom. The van der Waals surface area contributed by atoms with E-state index >= 15 is 0 Å². The predicted octanol–water partition coefficient (Wildman–Crippen LogP) is 5.50. The van der Waals surface area contributed by atoms with E-state index in [1.54, 1.807) is 13.3 Å². The monoisotopic (exact) mass is 525 g/mol. The van der Waals surface area contributed by atoms with Gasteiger partial charge in [0.1, 0.15) is 5.75 Å².